The SMILES string of the molecule is CN1CCN(Cc2cnc(OC3=CCC(C4c5[nH]c6ccc(Cl)cc6c5CCN4C(=O)Oc4ccc(Cl)cc4)C=C3)s2)CC1. The van der Waals surface area contributed by atoms with Crippen LogP contribution >= 0.6 is 34.5 Å². The summed E-state index contributed by atoms with van der Waals surface area (Å²) in [6.07, 6.45) is 9.13. The third kappa shape index (κ3) is 6.25. The fourth-order valence-corrected chi connectivity index (χ4v) is 7.38. The van der Waals surface area contributed by atoms with E-state index in [1.165, 1.54) is 10.4 Å². The molecule has 4 heterocycles. The highest BCUT2D eigenvalue weighted by molar-refractivity contribution is 7.13. The van der Waals surface area contributed by atoms with Gasteiger partial charge in [-0.1, -0.05) is 40.6 Å². The summed E-state index contributed by atoms with van der Waals surface area (Å²) in [7, 11) is 2.17. The number of benzene rings is 2. The molecule has 0 bridgehead atoms. The Kier molecular flexibility index (Phi) is 8.39. The Morgan fingerprint density at radius 3 is 2.64 bits per heavy atom. The second kappa shape index (κ2) is 12.6. The molecule has 0 radical (unpaired) electrons. The normalized spacial score (nSPS) is 20.9. The lowest BCUT2D eigenvalue weighted by molar-refractivity contribution is 0.111. The minimum absolute atomic E-state index is 0.00629. The molecule has 44 heavy (non-hydrogen) atoms. The van der Waals surface area contributed by atoms with Crippen LogP contribution in [0.5, 0.6) is 10.9 Å². The van der Waals surface area contributed by atoms with Gasteiger partial charge in [-0.05, 0) is 80.1 Å². The number of nitrogens with zero attached hydrogens (tertiary/aromatic N) is 4. The number of hydrogen-bond acceptors (Lipinski definition) is 7. The number of H-pyrrole nitrogens is 1. The molecule has 2 unspecified atom stereocenters. The standard InChI is InChI=1S/C33H33Cl2N5O3S/c1-38-14-16-39(17-15-38)20-26-19-36-32(44-26)42-24-7-2-21(3-8-24)31-30-27(28-18-23(35)6-11-29(28)37-30)12-13-40(31)33(41)43-25-9-4-22(34)5-10-25/h2,4-11,18-19,21,31,37H,3,12-17,20H2,1H3. The van der Waals surface area contributed by atoms with Crippen LogP contribution in [0.25, 0.3) is 10.9 Å². The van der Waals surface area contributed by atoms with Gasteiger partial charge in [-0.25, -0.2) is 9.78 Å². The molecule has 228 valence electrons. The molecule has 1 fully saturated rings. The molecule has 8 nitrogen and oxygen atoms in total. The van der Waals surface area contributed by atoms with E-state index in [0.29, 0.717) is 40.4 Å². The highest BCUT2D eigenvalue weighted by Gasteiger charge is 2.39. The maximum Gasteiger partial charge on any atom is 0.415 e. The Labute approximate surface area is 270 Å². The first kappa shape index (κ1) is 29.4. The quantitative estimate of drug-likeness (QED) is 0.236. The van der Waals surface area contributed by atoms with Gasteiger partial charge in [0.15, 0.2) is 0 Å². The second-order valence-corrected chi connectivity index (χ2v) is 13.5. The van der Waals surface area contributed by atoms with Gasteiger partial charge >= 0.3 is 6.09 Å². The van der Waals surface area contributed by atoms with Crippen LogP contribution in [-0.2, 0) is 13.0 Å². The number of nitrogens with one attached hydrogen (secondary N) is 1. The van der Waals surface area contributed by atoms with E-state index in [1.54, 1.807) is 35.6 Å². The molecular formula is C33H33Cl2N5O3S. The molecule has 3 aliphatic rings. The fourth-order valence-electron chi connectivity index (χ4n) is 6.27. The van der Waals surface area contributed by atoms with E-state index in [4.69, 9.17) is 32.7 Å². The summed E-state index contributed by atoms with van der Waals surface area (Å²) in [6.45, 7) is 5.73. The number of carbonyl (C=O) groups excluding carboxylic acids is 1. The topological polar surface area (TPSA) is 73.9 Å². The number of fused-ring (bicyclic) bond motifs is 3. The summed E-state index contributed by atoms with van der Waals surface area (Å²) in [5.74, 6) is 1.22. The zero-order chi connectivity index (χ0) is 30.2. The predicted octanol–water partition coefficient (Wildman–Crippen LogP) is 7.32. The summed E-state index contributed by atoms with van der Waals surface area (Å²) in [6, 6.07) is 12.5. The number of allylic oxidation sites excluding steroid dienone is 2. The van der Waals surface area contributed by atoms with Crippen LogP contribution in [0.4, 0.5) is 4.79 Å². The summed E-state index contributed by atoms with van der Waals surface area (Å²) < 4.78 is 12.0. The summed E-state index contributed by atoms with van der Waals surface area (Å²) in [5.41, 5.74) is 3.22. The predicted molar refractivity (Wildman–Crippen MR) is 175 cm³/mol. The lowest BCUT2D eigenvalue weighted by Crippen LogP contribution is -2.44. The van der Waals surface area contributed by atoms with Crippen molar-refractivity contribution in [1.82, 2.24) is 24.7 Å². The Morgan fingerprint density at radius 1 is 1.07 bits per heavy atom. The van der Waals surface area contributed by atoms with Gasteiger partial charge in [0.2, 0.25) is 0 Å². The van der Waals surface area contributed by atoms with E-state index >= 15 is 0 Å². The second-order valence-electron chi connectivity index (χ2n) is 11.6. The van der Waals surface area contributed by atoms with Crippen molar-refractivity contribution in [3.63, 3.8) is 0 Å². The lowest BCUT2D eigenvalue weighted by Gasteiger charge is -2.39. The van der Waals surface area contributed by atoms with E-state index in [1.807, 2.05) is 35.4 Å². The Hall–Kier alpha value is -3.34. The van der Waals surface area contributed by atoms with Crippen LogP contribution < -0.4 is 9.47 Å². The van der Waals surface area contributed by atoms with Crippen LogP contribution in [0.3, 0.4) is 0 Å². The molecule has 1 aliphatic carbocycles. The van der Waals surface area contributed by atoms with Crippen molar-refractivity contribution in [3.05, 3.63) is 98.8 Å². The molecular weight excluding hydrogens is 617 g/mol. The van der Waals surface area contributed by atoms with Gasteiger partial charge in [0.1, 0.15) is 11.5 Å². The molecule has 0 saturated carbocycles. The zero-order valence-corrected chi connectivity index (χ0v) is 26.7. The van der Waals surface area contributed by atoms with Crippen molar-refractivity contribution in [3.8, 4) is 10.9 Å². The monoisotopic (exact) mass is 649 g/mol. The number of aromatic nitrogens is 2. The van der Waals surface area contributed by atoms with E-state index in [2.05, 4.69) is 39.0 Å². The van der Waals surface area contributed by atoms with Crippen molar-refractivity contribution in [2.75, 3.05) is 39.8 Å². The lowest BCUT2D eigenvalue weighted by atomic mass is 9.84. The first-order chi connectivity index (χ1) is 21.4. The van der Waals surface area contributed by atoms with Gasteiger partial charge in [0.25, 0.3) is 5.19 Å². The average Bonchev–Trinajstić information content (AvgIpc) is 3.63. The number of aromatic amines is 1. The van der Waals surface area contributed by atoms with E-state index < -0.39 is 6.09 Å². The van der Waals surface area contributed by atoms with Crippen molar-refractivity contribution in [2.45, 2.75) is 25.4 Å². The first-order valence-electron chi connectivity index (χ1n) is 14.9. The van der Waals surface area contributed by atoms with Crippen LogP contribution in [-0.4, -0.2) is 70.5 Å². The van der Waals surface area contributed by atoms with Crippen LogP contribution in [0.1, 0.15) is 28.6 Å². The van der Waals surface area contributed by atoms with Crippen LogP contribution in [0.2, 0.25) is 10.0 Å². The van der Waals surface area contributed by atoms with Crippen molar-refractivity contribution in [2.24, 2.45) is 5.92 Å². The molecule has 2 aromatic carbocycles. The van der Waals surface area contributed by atoms with Crippen molar-refractivity contribution < 1.29 is 14.3 Å². The number of rotatable bonds is 6. The third-order valence-corrected chi connectivity index (χ3v) is 9.95. The van der Waals surface area contributed by atoms with E-state index in [9.17, 15) is 4.79 Å². The summed E-state index contributed by atoms with van der Waals surface area (Å²) in [5, 5.41) is 3.02. The minimum atomic E-state index is -0.394. The molecule has 0 spiro atoms. The highest BCUT2D eigenvalue weighted by Crippen LogP contribution is 2.42. The number of ether oxygens (including phenoxy) is 2. The van der Waals surface area contributed by atoms with Crippen molar-refractivity contribution >= 4 is 51.5 Å². The van der Waals surface area contributed by atoms with Gasteiger partial charge in [0.05, 0.1) is 6.04 Å². The van der Waals surface area contributed by atoms with E-state index in [-0.39, 0.29) is 12.0 Å². The van der Waals surface area contributed by atoms with Gasteiger partial charge < -0.3 is 19.4 Å². The maximum absolute atomic E-state index is 13.6. The number of carbonyl (C=O) groups is 1. The van der Waals surface area contributed by atoms with Gasteiger partial charge in [-0.3, -0.25) is 9.80 Å². The van der Waals surface area contributed by atoms with E-state index in [0.717, 1.165) is 55.1 Å². The molecule has 2 atom stereocenters. The molecule has 4 aromatic rings. The first-order valence-corrected chi connectivity index (χ1v) is 16.4. The van der Waals surface area contributed by atoms with Crippen LogP contribution in [0.15, 0.2) is 72.6 Å². The largest absolute Gasteiger partial charge is 0.431 e. The average molecular weight is 651 g/mol. The maximum atomic E-state index is 13.6. The van der Waals surface area contributed by atoms with Gasteiger partial charge in [-0.2, -0.15) is 0 Å². The molecule has 1 amide bonds. The number of halogens is 2. The molecule has 11 heteroatoms. The molecule has 1 N–H and O–H groups in total. The third-order valence-electron chi connectivity index (χ3n) is 8.61. The number of thiazole rings is 1. The molecule has 7 rings (SSSR count). The smallest absolute Gasteiger partial charge is 0.415 e. The van der Waals surface area contributed by atoms with Crippen molar-refractivity contribution in [1.29, 1.82) is 0 Å². The number of amides is 1. The zero-order valence-electron chi connectivity index (χ0n) is 24.3. The fraction of sp³-hybridized carbons (Fsp3) is 0.333. The summed E-state index contributed by atoms with van der Waals surface area (Å²) in [4.78, 5) is 29.6. The summed E-state index contributed by atoms with van der Waals surface area (Å²) >= 11 is 14.0. The van der Waals surface area contributed by atoms with Crippen LogP contribution in [0, 0.1) is 5.92 Å². The Balaban J connectivity index is 1.09. The number of hydrogen-bond donors (Lipinski definition) is 1. The number of piperazine rings is 1. The molecule has 2 aliphatic heterocycles. The molecule has 1 saturated heterocycles. The molecule has 2 aromatic heterocycles. The Morgan fingerprint density at radius 2 is 1.86 bits per heavy atom. The minimum Gasteiger partial charge on any atom is -0.431 e. The van der Waals surface area contributed by atoms with Gasteiger partial charge in [-0.15, -0.1) is 0 Å². The Bertz CT molecular complexity index is 1720. The highest BCUT2D eigenvalue weighted by atomic mass is 35.5. The van der Waals surface area contributed by atoms with Gasteiger partial charge in [0, 0.05) is 82.9 Å². The number of likely N-dealkylation sites (N-methyl/N-ethyl adjacent to an activating group) is 1.